The van der Waals surface area contributed by atoms with Crippen molar-refractivity contribution in [3.8, 4) is 0 Å². The van der Waals surface area contributed by atoms with Crippen LogP contribution in [0, 0.1) is 5.92 Å². The Bertz CT molecular complexity index is 510. The summed E-state index contributed by atoms with van der Waals surface area (Å²) < 4.78 is 18.5. The van der Waals surface area contributed by atoms with E-state index in [0.717, 1.165) is 6.42 Å². The van der Waals surface area contributed by atoms with Gasteiger partial charge in [-0.05, 0) is 48.6 Å². The van der Waals surface area contributed by atoms with E-state index in [4.69, 9.17) is 13.6 Å². The van der Waals surface area contributed by atoms with E-state index in [2.05, 4.69) is 74.7 Å². The molecule has 0 spiro atoms. The molecule has 1 heterocycles. The summed E-state index contributed by atoms with van der Waals surface area (Å²) >= 11 is 0. The van der Waals surface area contributed by atoms with E-state index < -0.39 is 22.7 Å². The maximum atomic E-state index is 11.0. The van der Waals surface area contributed by atoms with Gasteiger partial charge in [0.1, 0.15) is 6.10 Å². The second-order valence-electron chi connectivity index (χ2n) is 12.0. The molecule has 29 heavy (non-hydrogen) atoms. The molecule has 0 aromatic carbocycles. The quantitative estimate of drug-likeness (QED) is 0.346. The predicted molar refractivity (Wildman–Crippen MR) is 125 cm³/mol. The van der Waals surface area contributed by atoms with Crippen molar-refractivity contribution < 1.29 is 23.8 Å². The number of aliphatic hydroxyl groups excluding tert-OH is 2. The van der Waals surface area contributed by atoms with Crippen LogP contribution in [0.5, 0.6) is 0 Å². The molecule has 2 N–H and O–H groups in total. The van der Waals surface area contributed by atoms with Gasteiger partial charge in [-0.15, -0.1) is 0 Å². The summed E-state index contributed by atoms with van der Waals surface area (Å²) in [4.78, 5) is 0. The molecule has 1 aliphatic heterocycles. The molecular formula is C22H48O5Si2. The van der Waals surface area contributed by atoms with Crippen molar-refractivity contribution in [2.45, 2.75) is 122 Å². The highest BCUT2D eigenvalue weighted by Crippen LogP contribution is 2.40. The highest BCUT2D eigenvalue weighted by Gasteiger charge is 2.45. The van der Waals surface area contributed by atoms with E-state index in [-0.39, 0.29) is 35.0 Å². The van der Waals surface area contributed by atoms with Gasteiger partial charge in [0.05, 0.1) is 24.9 Å². The molecule has 1 aliphatic rings. The summed E-state index contributed by atoms with van der Waals surface area (Å²) in [6.07, 6.45) is 0.259. The van der Waals surface area contributed by atoms with Gasteiger partial charge >= 0.3 is 0 Å². The zero-order chi connectivity index (χ0) is 22.8. The van der Waals surface area contributed by atoms with Crippen molar-refractivity contribution in [2.75, 3.05) is 13.2 Å². The Kier molecular flexibility index (Phi) is 9.21. The molecule has 0 unspecified atom stereocenters. The van der Waals surface area contributed by atoms with Crippen molar-refractivity contribution in [1.29, 1.82) is 0 Å². The Morgan fingerprint density at radius 2 is 1.45 bits per heavy atom. The minimum absolute atomic E-state index is 0.0158. The zero-order valence-corrected chi connectivity index (χ0v) is 22.8. The van der Waals surface area contributed by atoms with Gasteiger partial charge in [0.2, 0.25) is 0 Å². The molecule has 1 saturated heterocycles. The first kappa shape index (κ1) is 27.3. The fraction of sp³-hybridized carbons (Fsp3) is 1.00. The Morgan fingerprint density at radius 1 is 0.931 bits per heavy atom. The molecule has 7 heteroatoms. The van der Waals surface area contributed by atoms with Crippen molar-refractivity contribution in [3.05, 3.63) is 0 Å². The van der Waals surface area contributed by atoms with E-state index >= 15 is 0 Å². The van der Waals surface area contributed by atoms with Crippen molar-refractivity contribution in [2.24, 2.45) is 5.92 Å². The zero-order valence-electron chi connectivity index (χ0n) is 20.8. The molecule has 1 fully saturated rings. The smallest absolute Gasteiger partial charge is 0.192 e. The summed E-state index contributed by atoms with van der Waals surface area (Å²) in [5.41, 5.74) is 0. The largest absolute Gasteiger partial charge is 0.417 e. The molecule has 0 aromatic heterocycles. The van der Waals surface area contributed by atoms with Crippen molar-refractivity contribution >= 4 is 16.6 Å². The standard InChI is InChI=1S/C22H48O5Si2/c1-16(15-25-28(8,9)21(2,3)4)12-18(27-29(10,11)22(5,6)7)17(24)13-19-20(14-23)26-19/h16-20,23-24H,12-15H2,1-11H3/t16-,17+,18+,19+,20+/m1/s1. The fourth-order valence-corrected chi connectivity index (χ4v) is 5.31. The number of hydrogen-bond acceptors (Lipinski definition) is 5. The van der Waals surface area contributed by atoms with Gasteiger partial charge in [0, 0.05) is 13.0 Å². The van der Waals surface area contributed by atoms with Gasteiger partial charge in [0.15, 0.2) is 16.6 Å². The lowest BCUT2D eigenvalue weighted by Gasteiger charge is -2.41. The van der Waals surface area contributed by atoms with Crippen LogP contribution in [0.25, 0.3) is 0 Å². The Labute approximate surface area is 181 Å². The minimum atomic E-state index is -2.03. The number of epoxide rings is 1. The van der Waals surface area contributed by atoms with Gasteiger partial charge in [-0.2, -0.15) is 0 Å². The van der Waals surface area contributed by atoms with Gasteiger partial charge < -0.3 is 23.8 Å². The first-order valence-electron chi connectivity index (χ1n) is 11.2. The molecule has 5 nitrogen and oxygen atoms in total. The average molecular weight is 449 g/mol. The molecular weight excluding hydrogens is 400 g/mol. The summed E-state index contributed by atoms with van der Waals surface area (Å²) in [5.74, 6) is 0.294. The summed E-state index contributed by atoms with van der Waals surface area (Å²) in [6.45, 7) is 25.3. The van der Waals surface area contributed by atoms with Crippen LogP contribution in [0.3, 0.4) is 0 Å². The van der Waals surface area contributed by atoms with Gasteiger partial charge in [-0.3, -0.25) is 0 Å². The second-order valence-corrected chi connectivity index (χ2v) is 21.6. The van der Waals surface area contributed by atoms with Crippen LogP contribution in [0.15, 0.2) is 0 Å². The lowest BCUT2D eigenvalue weighted by atomic mass is 9.98. The third-order valence-electron chi connectivity index (χ3n) is 7.19. The van der Waals surface area contributed by atoms with Crippen LogP contribution in [0.1, 0.15) is 61.3 Å². The lowest BCUT2D eigenvalue weighted by Crippen LogP contribution is -2.48. The van der Waals surface area contributed by atoms with Crippen LogP contribution in [-0.4, -0.2) is 64.5 Å². The maximum Gasteiger partial charge on any atom is 0.192 e. The highest BCUT2D eigenvalue weighted by atomic mass is 28.4. The summed E-state index contributed by atoms with van der Waals surface area (Å²) in [7, 11) is -3.82. The molecule has 0 saturated carbocycles. The molecule has 0 aliphatic carbocycles. The SMILES string of the molecule is C[C@@H](CO[Si](C)(C)C(C)(C)C)C[C@H](O[Si](C)(C)C(C)(C)C)[C@@H](O)C[C@@H]1O[C@H]1CO. The number of ether oxygens (including phenoxy) is 1. The van der Waals surface area contributed by atoms with Crippen molar-refractivity contribution in [3.63, 3.8) is 0 Å². The van der Waals surface area contributed by atoms with E-state index in [9.17, 15) is 10.2 Å². The average Bonchev–Trinajstić information content (AvgIpc) is 3.28. The van der Waals surface area contributed by atoms with Crippen LogP contribution in [0.2, 0.25) is 36.3 Å². The molecule has 0 bridgehead atoms. The predicted octanol–water partition coefficient (Wildman–Crippen LogP) is 4.94. The Hall–Kier alpha value is 0.234. The molecule has 5 atom stereocenters. The fourth-order valence-electron chi connectivity index (χ4n) is 2.81. The van der Waals surface area contributed by atoms with Crippen LogP contribution < -0.4 is 0 Å². The molecule has 174 valence electrons. The van der Waals surface area contributed by atoms with Gasteiger partial charge in [-0.1, -0.05) is 48.5 Å². The number of rotatable bonds is 11. The van der Waals surface area contributed by atoms with E-state index in [1.807, 2.05) is 0 Å². The van der Waals surface area contributed by atoms with Gasteiger partial charge in [-0.25, -0.2) is 0 Å². The molecule has 0 amide bonds. The highest BCUT2D eigenvalue weighted by molar-refractivity contribution is 6.74. The lowest BCUT2D eigenvalue weighted by molar-refractivity contribution is 0.00190. The van der Waals surface area contributed by atoms with Crippen LogP contribution in [-0.2, 0) is 13.6 Å². The first-order chi connectivity index (χ1) is 12.9. The van der Waals surface area contributed by atoms with E-state index in [0.29, 0.717) is 18.9 Å². The van der Waals surface area contributed by atoms with Gasteiger partial charge in [0.25, 0.3) is 0 Å². The number of aliphatic hydroxyl groups is 2. The molecule has 0 radical (unpaired) electrons. The monoisotopic (exact) mass is 448 g/mol. The first-order valence-corrected chi connectivity index (χ1v) is 17.0. The molecule has 1 rings (SSSR count). The summed E-state index contributed by atoms with van der Waals surface area (Å²) in [5, 5.41) is 20.5. The third-order valence-corrected chi connectivity index (χ3v) is 16.2. The Morgan fingerprint density at radius 3 is 1.86 bits per heavy atom. The minimum Gasteiger partial charge on any atom is -0.417 e. The molecule has 0 aromatic rings. The van der Waals surface area contributed by atoms with E-state index in [1.165, 1.54) is 0 Å². The second kappa shape index (κ2) is 9.80. The summed E-state index contributed by atoms with van der Waals surface area (Å²) in [6, 6.07) is 0. The third kappa shape index (κ3) is 8.02. The normalized spacial score (nSPS) is 24.3. The Balaban J connectivity index is 2.79. The van der Waals surface area contributed by atoms with E-state index in [1.54, 1.807) is 0 Å². The van der Waals surface area contributed by atoms with Crippen molar-refractivity contribution in [1.82, 2.24) is 0 Å². The number of hydrogen-bond donors (Lipinski definition) is 2. The van der Waals surface area contributed by atoms with Crippen LogP contribution >= 0.6 is 0 Å². The van der Waals surface area contributed by atoms with Crippen LogP contribution in [0.4, 0.5) is 0 Å². The topological polar surface area (TPSA) is 71.5 Å². The maximum absolute atomic E-state index is 11.0.